The predicted molar refractivity (Wildman–Crippen MR) is 190 cm³/mol. The number of aromatic nitrogens is 4. The van der Waals surface area contributed by atoms with Crippen LogP contribution in [0.15, 0.2) is 150 Å². The van der Waals surface area contributed by atoms with Crippen LogP contribution in [0.1, 0.15) is 24.4 Å². The van der Waals surface area contributed by atoms with Crippen molar-refractivity contribution in [2.45, 2.75) is 12.8 Å². The number of benzene rings is 5. The van der Waals surface area contributed by atoms with Crippen molar-refractivity contribution in [2.75, 3.05) is 0 Å². The molecule has 3 heterocycles. The van der Waals surface area contributed by atoms with Crippen LogP contribution < -0.4 is 0 Å². The van der Waals surface area contributed by atoms with Gasteiger partial charge in [0.05, 0.1) is 22.6 Å². The highest BCUT2D eigenvalue weighted by atomic mass is 16.3. The van der Waals surface area contributed by atoms with Gasteiger partial charge in [0.1, 0.15) is 5.52 Å². The fraction of sp³-hybridized carbons (Fsp3) is 0.0476. The summed E-state index contributed by atoms with van der Waals surface area (Å²) in [6.07, 6.45) is 5.98. The van der Waals surface area contributed by atoms with Gasteiger partial charge in [-0.1, -0.05) is 109 Å². The van der Waals surface area contributed by atoms with Crippen LogP contribution in [-0.2, 0) is 0 Å². The van der Waals surface area contributed by atoms with Crippen molar-refractivity contribution in [1.29, 1.82) is 0 Å². The van der Waals surface area contributed by atoms with Crippen molar-refractivity contribution in [1.82, 2.24) is 19.9 Å². The molecule has 3 aromatic heterocycles. The van der Waals surface area contributed by atoms with Crippen molar-refractivity contribution >= 4 is 43.9 Å². The molecule has 1 aliphatic rings. The number of oxazole rings is 1. The first-order valence-corrected chi connectivity index (χ1v) is 15.9. The van der Waals surface area contributed by atoms with Crippen LogP contribution in [0.5, 0.6) is 0 Å². The summed E-state index contributed by atoms with van der Waals surface area (Å²) in [5, 5.41) is 3.20. The van der Waals surface area contributed by atoms with Gasteiger partial charge >= 0.3 is 0 Å². The number of hydrogen-bond donors (Lipinski definition) is 0. The van der Waals surface area contributed by atoms with Gasteiger partial charge in [-0.2, -0.15) is 0 Å². The molecule has 9 rings (SSSR count). The number of para-hydroxylation sites is 1. The van der Waals surface area contributed by atoms with Gasteiger partial charge in [-0.3, -0.25) is 0 Å². The van der Waals surface area contributed by atoms with Crippen LogP contribution in [0.2, 0.25) is 0 Å². The molecule has 0 aliphatic heterocycles. The van der Waals surface area contributed by atoms with E-state index in [2.05, 4.69) is 66.7 Å². The number of fused-ring (bicyclic) bond motifs is 5. The third-order valence-corrected chi connectivity index (χ3v) is 8.85. The van der Waals surface area contributed by atoms with E-state index in [-0.39, 0.29) is 0 Å². The molecule has 0 saturated carbocycles. The van der Waals surface area contributed by atoms with E-state index in [9.17, 15) is 0 Å². The Morgan fingerprint density at radius 1 is 0.489 bits per heavy atom. The minimum atomic E-state index is 0.618. The van der Waals surface area contributed by atoms with Crippen LogP contribution >= 0.6 is 0 Å². The van der Waals surface area contributed by atoms with Gasteiger partial charge in [0.15, 0.2) is 11.4 Å². The van der Waals surface area contributed by atoms with E-state index in [0.717, 1.165) is 90.8 Å². The maximum Gasteiger partial charge on any atom is 0.227 e. The molecule has 0 saturated heterocycles. The third-order valence-electron chi connectivity index (χ3n) is 8.85. The quantitative estimate of drug-likeness (QED) is 0.183. The van der Waals surface area contributed by atoms with Crippen LogP contribution in [0.3, 0.4) is 0 Å². The maximum atomic E-state index is 6.27. The topological polar surface area (TPSA) is 64.7 Å². The zero-order valence-electron chi connectivity index (χ0n) is 25.5. The molecule has 1 aliphatic carbocycles. The van der Waals surface area contributed by atoms with Crippen molar-refractivity contribution in [2.24, 2.45) is 0 Å². The molecule has 47 heavy (non-hydrogen) atoms. The highest BCUT2D eigenvalue weighted by Crippen LogP contribution is 2.40. The molecule has 5 heteroatoms. The highest BCUT2D eigenvalue weighted by molar-refractivity contribution is 6.19. The fourth-order valence-corrected chi connectivity index (χ4v) is 6.50. The molecule has 0 atom stereocenters. The molecule has 0 N–H and O–H groups in total. The minimum Gasteiger partial charge on any atom is -0.436 e. The molecule has 5 aromatic carbocycles. The molecule has 0 unspecified atom stereocenters. The zero-order chi connectivity index (χ0) is 31.2. The second-order valence-electron chi connectivity index (χ2n) is 11.8. The molecular formula is C42H28N4O. The monoisotopic (exact) mass is 604 g/mol. The number of allylic oxidation sites excluding steroid dienone is 4. The standard InChI is InChI=1S/C42H28N4O/c1-4-12-27(13-5-1)35-26-36(28-14-6-2-7-15-28)45-41(44-35)30-22-20-29(21-23-30)39-33-24-25-37-40(38(33)32-18-10-11-19-34(32)43-39)46-42(47-37)31-16-8-3-9-17-31/h1-20,22,24-26H,21,23H2. The summed E-state index contributed by atoms with van der Waals surface area (Å²) in [5.74, 6) is 1.38. The van der Waals surface area contributed by atoms with E-state index >= 15 is 0 Å². The number of pyridine rings is 1. The molecule has 0 radical (unpaired) electrons. The summed E-state index contributed by atoms with van der Waals surface area (Å²) in [4.78, 5) is 20.4. The first-order valence-electron chi connectivity index (χ1n) is 15.9. The van der Waals surface area contributed by atoms with Crippen molar-refractivity contribution in [3.8, 4) is 34.0 Å². The normalized spacial score (nSPS) is 13.2. The first-order chi connectivity index (χ1) is 23.3. The summed E-state index contributed by atoms with van der Waals surface area (Å²) < 4.78 is 6.27. The molecular weight excluding hydrogens is 576 g/mol. The molecule has 0 spiro atoms. The Hall–Kier alpha value is -6.20. The number of nitrogens with zero attached hydrogens (tertiary/aromatic N) is 4. The van der Waals surface area contributed by atoms with Gasteiger partial charge in [-0.15, -0.1) is 0 Å². The average Bonchev–Trinajstić information content (AvgIpc) is 3.60. The molecule has 0 fully saturated rings. The second kappa shape index (κ2) is 11.3. The predicted octanol–water partition coefficient (Wildman–Crippen LogP) is 10.6. The molecule has 5 nitrogen and oxygen atoms in total. The summed E-state index contributed by atoms with van der Waals surface area (Å²) in [7, 11) is 0. The smallest absolute Gasteiger partial charge is 0.227 e. The second-order valence-corrected chi connectivity index (χ2v) is 11.8. The van der Waals surface area contributed by atoms with E-state index in [4.69, 9.17) is 24.4 Å². The summed E-state index contributed by atoms with van der Waals surface area (Å²) in [6.45, 7) is 0. The Balaban J connectivity index is 1.18. The van der Waals surface area contributed by atoms with Gasteiger partial charge in [-0.05, 0) is 60.4 Å². The van der Waals surface area contributed by atoms with Gasteiger partial charge in [0, 0.05) is 32.8 Å². The zero-order valence-corrected chi connectivity index (χ0v) is 25.5. The lowest BCUT2D eigenvalue weighted by molar-refractivity contribution is 0.620. The SMILES string of the molecule is C1=C(c2nc(-c3ccccc3)cc(-c3ccccc3)n2)CCC(c2nc3ccccc3c3c2ccc2oc(-c4ccccc4)nc23)=C1. The number of rotatable bonds is 5. The van der Waals surface area contributed by atoms with Crippen molar-refractivity contribution in [3.05, 3.63) is 157 Å². The lowest BCUT2D eigenvalue weighted by atomic mass is 9.91. The minimum absolute atomic E-state index is 0.618. The van der Waals surface area contributed by atoms with Crippen LogP contribution in [0.25, 0.3) is 77.9 Å². The van der Waals surface area contributed by atoms with E-state index in [1.54, 1.807) is 0 Å². The Bertz CT molecular complexity index is 2440. The number of hydrogen-bond acceptors (Lipinski definition) is 5. The maximum absolute atomic E-state index is 6.27. The van der Waals surface area contributed by atoms with Crippen molar-refractivity contribution in [3.63, 3.8) is 0 Å². The van der Waals surface area contributed by atoms with Crippen LogP contribution in [0.4, 0.5) is 0 Å². The largest absolute Gasteiger partial charge is 0.436 e. The summed E-state index contributed by atoms with van der Waals surface area (Å²) in [5.41, 5.74) is 10.8. The highest BCUT2D eigenvalue weighted by Gasteiger charge is 2.21. The average molecular weight is 605 g/mol. The first kappa shape index (κ1) is 27.1. The van der Waals surface area contributed by atoms with E-state index in [1.165, 1.54) is 5.57 Å². The van der Waals surface area contributed by atoms with Crippen LogP contribution in [-0.4, -0.2) is 19.9 Å². The summed E-state index contributed by atoms with van der Waals surface area (Å²) in [6, 6.07) is 45.2. The van der Waals surface area contributed by atoms with Gasteiger partial charge in [0.25, 0.3) is 0 Å². The Morgan fingerprint density at radius 3 is 1.74 bits per heavy atom. The van der Waals surface area contributed by atoms with E-state index < -0.39 is 0 Å². The van der Waals surface area contributed by atoms with Gasteiger partial charge < -0.3 is 4.42 Å². The fourth-order valence-electron chi connectivity index (χ4n) is 6.50. The van der Waals surface area contributed by atoms with E-state index in [0.29, 0.717) is 5.89 Å². The Morgan fingerprint density at radius 2 is 1.09 bits per heavy atom. The molecule has 8 aromatic rings. The molecule has 222 valence electrons. The Kier molecular flexibility index (Phi) is 6.53. The van der Waals surface area contributed by atoms with Crippen molar-refractivity contribution < 1.29 is 4.42 Å². The summed E-state index contributed by atoms with van der Waals surface area (Å²) >= 11 is 0. The molecule has 0 bridgehead atoms. The van der Waals surface area contributed by atoms with Gasteiger partial charge in [0.2, 0.25) is 5.89 Å². The third kappa shape index (κ3) is 4.89. The lowest BCUT2D eigenvalue weighted by Crippen LogP contribution is -2.03. The van der Waals surface area contributed by atoms with E-state index in [1.807, 2.05) is 78.9 Å². The lowest BCUT2D eigenvalue weighted by Gasteiger charge is -2.17. The molecule has 0 amide bonds. The van der Waals surface area contributed by atoms with Crippen LogP contribution in [0, 0.1) is 0 Å². The van der Waals surface area contributed by atoms with Gasteiger partial charge in [-0.25, -0.2) is 19.9 Å². The Labute approximate surface area is 271 Å².